The Hall–Kier alpha value is -2.46. The lowest BCUT2D eigenvalue weighted by Crippen LogP contribution is -2.26. The summed E-state index contributed by atoms with van der Waals surface area (Å²) in [6.45, 7) is 8.77. The van der Waals surface area contributed by atoms with Crippen molar-refractivity contribution in [3.05, 3.63) is 80.8 Å². The molecule has 2 heterocycles. The Bertz CT molecular complexity index is 1360. The first-order valence-electron chi connectivity index (χ1n) is 9.94. The van der Waals surface area contributed by atoms with E-state index in [0.29, 0.717) is 0 Å². The molecule has 0 unspecified atom stereocenters. The van der Waals surface area contributed by atoms with E-state index >= 15 is 0 Å². The SMILES string of the molecule is CC1(C)CC(C)(C)c2c1c(=O)nc1c3ccc(-c4ccccc4Br)cc3ccn21. The van der Waals surface area contributed by atoms with E-state index in [9.17, 15) is 4.79 Å². The van der Waals surface area contributed by atoms with Gasteiger partial charge in [0.05, 0.1) is 0 Å². The van der Waals surface area contributed by atoms with Gasteiger partial charge in [-0.2, -0.15) is 4.98 Å². The smallest absolute Gasteiger partial charge is 0.277 e. The van der Waals surface area contributed by atoms with E-state index < -0.39 is 0 Å². The number of fused-ring (bicyclic) bond motifs is 5. The van der Waals surface area contributed by atoms with E-state index in [1.54, 1.807) is 0 Å². The van der Waals surface area contributed by atoms with Crippen LogP contribution in [0, 0.1) is 0 Å². The molecule has 4 aromatic rings. The van der Waals surface area contributed by atoms with Gasteiger partial charge in [0.15, 0.2) is 0 Å². The highest BCUT2D eigenvalue weighted by Crippen LogP contribution is 2.47. The Morgan fingerprint density at radius 3 is 2.52 bits per heavy atom. The zero-order valence-corrected chi connectivity index (χ0v) is 18.7. The Morgan fingerprint density at radius 1 is 1.00 bits per heavy atom. The number of rotatable bonds is 1. The number of hydrogen-bond donors (Lipinski definition) is 0. The molecule has 4 heteroatoms. The maximum Gasteiger partial charge on any atom is 0.277 e. The third-order valence-electron chi connectivity index (χ3n) is 6.21. The van der Waals surface area contributed by atoms with Crippen LogP contribution in [0.2, 0.25) is 0 Å². The van der Waals surface area contributed by atoms with Crippen LogP contribution < -0.4 is 5.56 Å². The molecule has 0 aliphatic heterocycles. The standard InChI is InChI=1S/C25H23BrN2O/c1-24(2)14-25(3,4)21-20(24)23(29)27-22-18-10-9-15(13-16(18)11-12-28(21)22)17-7-5-6-8-19(17)26/h5-13H,14H2,1-4H3. The number of pyridine rings is 1. The van der Waals surface area contributed by atoms with Crippen LogP contribution in [-0.4, -0.2) is 9.38 Å². The summed E-state index contributed by atoms with van der Waals surface area (Å²) >= 11 is 3.65. The van der Waals surface area contributed by atoms with Crippen molar-refractivity contribution in [1.29, 1.82) is 0 Å². The second-order valence-corrected chi connectivity index (χ2v) is 10.2. The minimum Gasteiger partial charge on any atom is -0.304 e. The highest BCUT2D eigenvalue weighted by molar-refractivity contribution is 9.10. The highest BCUT2D eigenvalue weighted by Gasteiger charge is 2.45. The lowest BCUT2D eigenvalue weighted by molar-refractivity contribution is 0.397. The van der Waals surface area contributed by atoms with Crippen LogP contribution in [-0.2, 0) is 10.8 Å². The van der Waals surface area contributed by atoms with E-state index in [-0.39, 0.29) is 16.4 Å². The zero-order valence-electron chi connectivity index (χ0n) is 17.1. The summed E-state index contributed by atoms with van der Waals surface area (Å²) in [5, 5.41) is 2.09. The minimum absolute atomic E-state index is 0.0770. The molecule has 0 bridgehead atoms. The molecule has 0 spiro atoms. The van der Waals surface area contributed by atoms with Crippen molar-refractivity contribution in [2.75, 3.05) is 0 Å². The van der Waals surface area contributed by atoms with Crippen LogP contribution >= 0.6 is 15.9 Å². The molecule has 29 heavy (non-hydrogen) atoms. The molecular weight excluding hydrogens is 424 g/mol. The number of nitrogens with zero attached hydrogens (tertiary/aromatic N) is 2. The fraction of sp³-hybridized carbons (Fsp3) is 0.280. The highest BCUT2D eigenvalue weighted by atomic mass is 79.9. The molecule has 1 aliphatic carbocycles. The van der Waals surface area contributed by atoms with Gasteiger partial charge in [-0.05, 0) is 46.5 Å². The average Bonchev–Trinajstić information content (AvgIpc) is 2.86. The number of hydrogen-bond acceptors (Lipinski definition) is 2. The molecule has 0 amide bonds. The van der Waals surface area contributed by atoms with Crippen LogP contribution in [0.4, 0.5) is 0 Å². The maximum absolute atomic E-state index is 13.1. The molecule has 2 aromatic carbocycles. The molecular formula is C25H23BrN2O. The molecule has 3 nitrogen and oxygen atoms in total. The van der Waals surface area contributed by atoms with Gasteiger partial charge in [-0.25, -0.2) is 0 Å². The topological polar surface area (TPSA) is 34.4 Å². The van der Waals surface area contributed by atoms with E-state index in [1.807, 2.05) is 18.2 Å². The molecule has 0 saturated carbocycles. The lowest BCUT2D eigenvalue weighted by atomic mass is 9.82. The number of benzene rings is 2. The van der Waals surface area contributed by atoms with E-state index in [2.05, 4.69) is 89.5 Å². The van der Waals surface area contributed by atoms with Gasteiger partial charge < -0.3 is 4.40 Å². The lowest BCUT2D eigenvalue weighted by Gasteiger charge is -2.22. The second kappa shape index (κ2) is 6.02. The normalized spacial score (nSPS) is 17.0. The summed E-state index contributed by atoms with van der Waals surface area (Å²) < 4.78 is 3.21. The van der Waals surface area contributed by atoms with Crippen molar-refractivity contribution >= 4 is 32.3 Å². The monoisotopic (exact) mass is 446 g/mol. The van der Waals surface area contributed by atoms with Crippen molar-refractivity contribution in [3.63, 3.8) is 0 Å². The second-order valence-electron chi connectivity index (χ2n) is 9.38. The van der Waals surface area contributed by atoms with Gasteiger partial charge in [-0.15, -0.1) is 0 Å². The molecule has 0 atom stereocenters. The fourth-order valence-corrected chi connectivity index (χ4v) is 5.86. The van der Waals surface area contributed by atoms with Gasteiger partial charge in [0, 0.05) is 32.7 Å². The first-order valence-corrected chi connectivity index (χ1v) is 10.7. The van der Waals surface area contributed by atoms with E-state index in [1.165, 1.54) is 0 Å². The molecule has 146 valence electrons. The Labute approximate surface area is 178 Å². The quantitative estimate of drug-likeness (QED) is 0.324. The Kier molecular flexibility index (Phi) is 3.85. The Morgan fingerprint density at radius 2 is 1.76 bits per heavy atom. The molecule has 0 radical (unpaired) electrons. The van der Waals surface area contributed by atoms with Gasteiger partial charge in [0.1, 0.15) is 5.65 Å². The van der Waals surface area contributed by atoms with Gasteiger partial charge >= 0.3 is 0 Å². The van der Waals surface area contributed by atoms with Crippen molar-refractivity contribution in [3.8, 4) is 11.1 Å². The molecule has 1 aliphatic rings. The summed E-state index contributed by atoms with van der Waals surface area (Å²) in [6, 6.07) is 16.7. The third kappa shape index (κ3) is 2.69. The first kappa shape index (κ1) is 18.6. The largest absolute Gasteiger partial charge is 0.304 e. The molecule has 2 aromatic heterocycles. The van der Waals surface area contributed by atoms with Crippen LogP contribution in [0.1, 0.15) is 45.4 Å². The summed E-state index contributed by atoms with van der Waals surface area (Å²) in [7, 11) is 0. The van der Waals surface area contributed by atoms with Gasteiger partial charge in [-0.1, -0.05) is 74.0 Å². The molecule has 0 fully saturated rings. The third-order valence-corrected chi connectivity index (χ3v) is 6.90. The van der Waals surface area contributed by atoms with Gasteiger partial charge in [0.2, 0.25) is 0 Å². The maximum atomic E-state index is 13.1. The molecule has 0 saturated heterocycles. The summed E-state index contributed by atoms with van der Waals surface area (Å²) in [5.41, 5.74) is 4.68. The van der Waals surface area contributed by atoms with Crippen molar-refractivity contribution in [1.82, 2.24) is 9.38 Å². The number of aromatic nitrogens is 2. The minimum atomic E-state index is -0.164. The number of halogens is 1. The molecule has 5 rings (SSSR count). The predicted octanol–water partition coefficient (Wildman–Crippen LogP) is 6.24. The predicted molar refractivity (Wildman–Crippen MR) is 123 cm³/mol. The van der Waals surface area contributed by atoms with Crippen molar-refractivity contribution < 1.29 is 0 Å². The van der Waals surface area contributed by atoms with E-state index in [0.717, 1.165) is 49.7 Å². The summed E-state index contributed by atoms with van der Waals surface area (Å²) in [6.07, 6.45) is 3.02. The van der Waals surface area contributed by atoms with Crippen molar-refractivity contribution in [2.24, 2.45) is 0 Å². The van der Waals surface area contributed by atoms with Crippen LogP contribution in [0.5, 0.6) is 0 Å². The fourth-order valence-electron chi connectivity index (χ4n) is 5.34. The molecule has 0 N–H and O–H groups in total. The summed E-state index contributed by atoms with van der Waals surface area (Å²) in [5.74, 6) is 0. The van der Waals surface area contributed by atoms with Gasteiger partial charge in [0.25, 0.3) is 5.56 Å². The van der Waals surface area contributed by atoms with Crippen molar-refractivity contribution in [2.45, 2.75) is 44.9 Å². The zero-order chi connectivity index (χ0) is 20.6. The average molecular weight is 447 g/mol. The van der Waals surface area contributed by atoms with Gasteiger partial charge in [-0.3, -0.25) is 4.79 Å². The van der Waals surface area contributed by atoms with Crippen LogP contribution in [0.25, 0.3) is 27.5 Å². The van der Waals surface area contributed by atoms with E-state index in [4.69, 9.17) is 0 Å². The van der Waals surface area contributed by atoms with Crippen LogP contribution in [0.3, 0.4) is 0 Å². The first-order chi connectivity index (χ1) is 13.7. The Balaban J connectivity index is 1.83. The summed E-state index contributed by atoms with van der Waals surface area (Å²) in [4.78, 5) is 17.6. The van der Waals surface area contributed by atoms with Crippen LogP contribution in [0.15, 0.2) is 64.0 Å².